The van der Waals surface area contributed by atoms with Gasteiger partial charge in [0.2, 0.25) is 0 Å². The fourth-order valence-corrected chi connectivity index (χ4v) is 4.23. The standard InChI is InChI=1S/C15H17Cl2N3S/c1-10(12-8-13(16)21-15(12)17)19-11-4-5-14(18-9-11)20-6-2-3-7-20/h4-5,8-10,19H,2-3,6-7H2,1H3. The van der Waals surface area contributed by atoms with Crippen LogP contribution in [0.4, 0.5) is 11.5 Å². The van der Waals surface area contributed by atoms with Gasteiger partial charge in [0.15, 0.2) is 0 Å². The molecule has 0 aliphatic carbocycles. The van der Waals surface area contributed by atoms with Crippen LogP contribution in [0.1, 0.15) is 31.4 Å². The minimum absolute atomic E-state index is 0.0979. The van der Waals surface area contributed by atoms with Gasteiger partial charge in [-0.2, -0.15) is 0 Å². The van der Waals surface area contributed by atoms with Crippen molar-refractivity contribution in [1.29, 1.82) is 0 Å². The molecule has 112 valence electrons. The monoisotopic (exact) mass is 341 g/mol. The minimum atomic E-state index is 0.0979. The van der Waals surface area contributed by atoms with Crippen molar-refractivity contribution in [2.45, 2.75) is 25.8 Å². The molecule has 1 fully saturated rings. The summed E-state index contributed by atoms with van der Waals surface area (Å²) in [5.74, 6) is 1.06. The van der Waals surface area contributed by atoms with Crippen LogP contribution >= 0.6 is 34.5 Å². The number of halogens is 2. The molecule has 0 bridgehead atoms. The lowest BCUT2D eigenvalue weighted by Gasteiger charge is -2.18. The second kappa shape index (κ2) is 6.42. The van der Waals surface area contributed by atoms with E-state index in [1.807, 2.05) is 12.3 Å². The van der Waals surface area contributed by atoms with E-state index in [0.29, 0.717) is 4.34 Å². The van der Waals surface area contributed by atoms with E-state index in [4.69, 9.17) is 23.2 Å². The highest BCUT2D eigenvalue weighted by Crippen LogP contribution is 2.36. The average Bonchev–Trinajstić information content (AvgIpc) is 3.09. The first kappa shape index (κ1) is 14.9. The molecule has 1 unspecified atom stereocenters. The molecule has 3 rings (SSSR count). The Morgan fingerprint density at radius 1 is 1.29 bits per heavy atom. The van der Waals surface area contributed by atoms with Crippen molar-refractivity contribution in [1.82, 2.24) is 4.98 Å². The molecule has 0 spiro atoms. The quantitative estimate of drug-likeness (QED) is 0.825. The summed E-state index contributed by atoms with van der Waals surface area (Å²) in [4.78, 5) is 6.86. The second-order valence-corrected chi connectivity index (χ2v) is 7.53. The summed E-state index contributed by atoms with van der Waals surface area (Å²) < 4.78 is 1.45. The molecule has 0 saturated carbocycles. The summed E-state index contributed by atoms with van der Waals surface area (Å²) in [6, 6.07) is 6.15. The molecular formula is C15H17Cl2N3S. The number of nitrogens with zero attached hydrogens (tertiary/aromatic N) is 2. The van der Waals surface area contributed by atoms with Crippen LogP contribution in [0.25, 0.3) is 0 Å². The molecule has 3 nitrogen and oxygen atoms in total. The number of pyridine rings is 1. The van der Waals surface area contributed by atoms with E-state index in [-0.39, 0.29) is 6.04 Å². The zero-order chi connectivity index (χ0) is 14.8. The maximum absolute atomic E-state index is 6.19. The highest BCUT2D eigenvalue weighted by molar-refractivity contribution is 7.20. The Kier molecular flexibility index (Phi) is 4.57. The van der Waals surface area contributed by atoms with E-state index in [2.05, 4.69) is 34.3 Å². The smallest absolute Gasteiger partial charge is 0.128 e. The first-order valence-electron chi connectivity index (χ1n) is 7.06. The number of hydrogen-bond donors (Lipinski definition) is 1. The van der Waals surface area contributed by atoms with Crippen LogP contribution in [0.15, 0.2) is 24.4 Å². The Morgan fingerprint density at radius 3 is 2.62 bits per heavy atom. The van der Waals surface area contributed by atoms with E-state index >= 15 is 0 Å². The van der Waals surface area contributed by atoms with Gasteiger partial charge in [-0.15, -0.1) is 11.3 Å². The molecule has 6 heteroatoms. The van der Waals surface area contributed by atoms with Crippen LogP contribution < -0.4 is 10.2 Å². The van der Waals surface area contributed by atoms with Crippen molar-refractivity contribution in [3.8, 4) is 0 Å². The Balaban J connectivity index is 1.68. The van der Waals surface area contributed by atoms with Crippen molar-refractivity contribution in [3.63, 3.8) is 0 Å². The number of hydrogen-bond acceptors (Lipinski definition) is 4. The van der Waals surface area contributed by atoms with E-state index in [0.717, 1.165) is 34.5 Å². The van der Waals surface area contributed by atoms with Gasteiger partial charge in [0.25, 0.3) is 0 Å². The van der Waals surface area contributed by atoms with Crippen molar-refractivity contribution in [3.05, 3.63) is 38.6 Å². The minimum Gasteiger partial charge on any atom is -0.377 e. The van der Waals surface area contributed by atoms with Gasteiger partial charge in [-0.3, -0.25) is 0 Å². The average molecular weight is 342 g/mol. The van der Waals surface area contributed by atoms with Gasteiger partial charge < -0.3 is 10.2 Å². The third-order valence-corrected chi connectivity index (χ3v) is 5.23. The van der Waals surface area contributed by atoms with Crippen molar-refractivity contribution >= 4 is 46.0 Å². The molecule has 21 heavy (non-hydrogen) atoms. The van der Waals surface area contributed by atoms with Crippen LogP contribution in [0.3, 0.4) is 0 Å². The summed E-state index contributed by atoms with van der Waals surface area (Å²) in [6.45, 7) is 4.29. The van der Waals surface area contributed by atoms with E-state index in [9.17, 15) is 0 Å². The fraction of sp³-hybridized carbons (Fsp3) is 0.400. The number of nitrogens with one attached hydrogen (secondary N) is 1. The number of thiophene rings is 1. The van der Waals surface area contributed by atoms with Crippen LogP contribution in [-0.2, 0) is 0 Å². The number of rotatable bonds is 4. The molecule has 0 amide bonds. The highest BCUT2D eigenvalue weighted by Gasteiger charge is 2.15. The van der Waals surface area contributed by atoms with Crippen LogP contribution in [-0.4, -0.2) is 18.1 Å². The summed E-state index contributed by atoms with van der Waals surface area (Å²) in [6.07, 6.45) is 4.40. The molecule has 2 aromatic rings. The first-order chi connectivity index (χ1) is 10.1. The summed E-state index contributed by atoms with van der Waals surface area (Å²) in [7, 11) is 0. The topological polar surface area (TPSA) is 28.2 Å². The molecule has 2 aromatic heterocycles. The zero-order valence-electron chi connectivity index (χ0n) is 11.8. The maximum Gasteiger partial charge on any atom is 0.128 e. The predicted molar refractivity (Wildman–Crippen MR) is 92.1 cm³/mol. The SMILES string of the molecule is CC(Nc1ccc(N2CCCC2)nc1)c1cc(Cl)sc1Cl. The van der Waals surface area contributed by atoms with E-state index in [1.54, 1.807) is 0 Å². The van der Waals surface area contributed by atoms with Gasteiger partial charge in [-0.1, -0.05) is 23.2 Å². The zero-order valence-corrected chi connectivity index (χ0v) is 14.1. The molecule has 3 heterocycles. The summed E-state index contributed by atoms with van der Waals surface area (Å²) >= 11 is 13.6. The predicted octanol–water partition coefficient (Wildman–Crippen LogP) is 5.22. The number of anilines is 2. The van der Waals surface area contributed by atoms with Crippen molar-refractivity contribution in [2.24, 2.45) is 0 Å². The second-order valence-electron chi connectivity index (χ2n) is 5.24. The first-order valence-corrected chi connectivity index (χ1v) is 8.63. The Bertz CT molecular complexity index is 606. The Hall–Kier alpha value is -0.970. The van der Waals surface area contributed by atoms with Gasteiger partial charge in [-0.05, 0) is 38.0 Å². The molecule has 1 aliphatic heterocycles. The van der Waals surface area contributed by atoms with Crippen molar-refractivity contribution < 1.29 is 0 Å². The molecule has 0 aromatic carbocycles. The lowest BCUT2D eigenvalue weighted by atomic mass is 10.2. The normalized spacial score (nSPS) is 16.2. The third kappa shape index (κ3) is 3.44. The summed E-state index contributed by atoms with van der Waals surface area (Å²) in [5, 5.41) is 3.41. The van der Waals surface area contributed by atoms with Gasteiger partial charge >= 0.3 is 0 Å². The van der Waals surface area contributed by atoms with Gasteiger partial charge in [0.1, 0.15) is 5.82 Å². The van der Waals surface area contributed by atoms with E-state index in [1.165, 1.54) is 24.2 Å². The molecular weight excluding hydrogens is 325 g/mol. The van der Waals surface area contributed by atoms with Gasteiger partial charge in [0.05, 0.1) is 26.6 Å². The Labute approximate surface area is 138 Å². The van der Waals surface area contributed by atoms with Crippen LogP contribution in [0, 0.1) is 0 Å². The van der Waals surface area contributed by atoms with Crippen LogP contribution in [0.5, 0.6) is 0 Å². The number of aromatic nitrogens is 1. The van der Waals surface area contributed by atoms with Crippen molar-refractivity contribution in [2.75, 3.05) is 23.3 Å². The maximum atomic E-state index is 6.19. The highest BCUT2D eigenvalue weighted by atomic mass is 35.5. The fourth-order valence-electron chi connectivity index (χ4n) is 2.58. The molecule has 1 atom stereocenters. The molecule has 0 radical (unpaired) electrons. The lowest BCUT2D eigenvalue weighted by molar-refractivity contribution is 0.886. The van der Waals surface area contributed by atoms with Crippen LogP contribution in [0.2, 0.25) is 8.67 Å². The Morgan fingerprint density at radius 2 is 2.05 bits per heavy atom. The van der Waals surface area contributed by atoms with Gasteiger partial charge in [-0.25, -0.2) is 4.98 Å². The molecule has 1 aliphatic rings. The largest absolute Gasteiger partial charge is 0.377 e. The van der Waals surface area contributed by atoms with Gasteiger partial charge in [0, 0.05) is 18.7 Å². The molecule has 1 N–H and O–H groups in total. The lowest BCUT2D eigenvalue weighted by Crippen LogP contribution is -2.18. The van der Waals surface area contributed by atoms with E-state index < -0.39 is 0 Å². The molecule has 1 saturated heterocycles. The third-order valence-electron chi connectivity index (χ3n) is 3.71. The summed E-state index contributed by atoms with van der Waals surface area (Å²) in [5.41, 5.74) is 2.01.